The number of rotatable bonds is 4. The van der Waals surface area contributed by atoms with Gasteiger partial charge < -0.3 is 0 Å². The standard InChI is InChI=1S/C25H16Cl2FN3/c26-21-3-1-2-19(24(21)27)14-16-10-13-31-22(15-16)23(17-8-11-29-12-9-17)25(30-31)18-4-6-20(28)7-5-18/h1-13,15H,14H2. The molecule has 5 rings (SSSR count). The summed E-state index contributed by atoms with van der Waals surface area (Å²) >= 11 is 12.6. The molecule has 0 bridgehead atoms. The van der Waals surface area contributed by atoms with Crippen molar-refractivity contribution in [3.63, 3.8) is 0 Å². The van der Waals surface area contributed by atoms with Gasteiger partial charge in [0, 0.05) is 29.7 Å². The minimum atomic E-state index is -0.279. The zero-order valence-electron chi connectivity index (χ0n) is 16.3. The van der Waals surface area contributed by atoms with Gasteiger partial charge in [0.25, 0.3) is 0 Å². The molecule has 152 valence electrons. The van der Waals surface area contributed by atoms with E-state index in [1.807, 2.05) is 41.0 Å². The Labute approximate surface area is 188 Å². The van der Waals surface area contributed by atoms with Crippen LogP contribution in [-0.4, -0.2) is 14.6 Å². The molecular formula is C25H16Cl2FN3. The quantitative estimate of drug-likeness (QED) is 0.294. The SMILES string of the molecule is Fc1ccc(-c2nn3ccc(Cc4cccc(Cl)c4Cl)cc3c2-c2ccncc2)cc1. The van der Waals surface area contributed by atoms with Crippen molar-refractivity contribution in [2.45, 2.75) is 6.42 Å². The third-order valence-corrected chi connectivity index (χ3v) is 6.07. The zero-order valence-corrected chi connectivity index (χ0v) is 17.8. The number of hydrogen-bond acceptors (Lipinski definition) is 2. The maximum Gasteiger partial charge on any atom is 0.123 e. The average molecular weight is 448 g/mol. The van der Waals surface area contributed by atoms with Crippen molar-refractivity contribution in [3.8, 4) is 22.4 Å². The van der Waals surface area contributed by atoms with Crippen LogP contribution in [0.25, 0.3) is 27.9 Å². The van der Waals surface area contributed by atoms with Crippen molar-refractivity contribution in [1.82, 2.24) is 14.6 Å². The summed E-state index contributed by atoms with van der Waals surface area (Å²) < 4.78 is 15.3. The van der Waals surface area contributed by atoms with Gasteiger partial charge in [0.15, 0.2) is 0 Å². The molecule has 0 aliphatic heterocycles. The largest absolute Gasteiger partial charge is 0.265 e. The lowest BCUT2D eigenvalue weighted by atomic mass is 9.99. The Hall–Kier alpha value is -3.21. The molecule has 0 fully saturated rings. The molecule has 0 spiro atoms. The Morgan fingerprint density at radius 2 is 1.65 bits per heavy atom. The van der Waals surface area contributed by atoms with Crippen LogP contribution in [0, 0.1) is 5.82 Å². The van der Waals surface area contributed by atoms with Crippen LogP contribution in [0.2, 0.25) is 10.0 Å². The molecule has 0 N–H and O–H groups in total. The van der Waals surface area contributed by atoms with Gasteiger partial charge in [-0.05, 0) is 77.7 Å². The van der Waals surface area contributed by atoms with Crippen LogP contribution in [0.1, 0.15) is 11.1 Å². The first-order valence-corrected chi connectivity index (χ1v) is 10.5. The molecule has 6 heteroatoms. The second-order valence-electron chi connectivity index (χ2n) is 7.22. The smallest absolute Gasteiger partial charge is 0.123 e. The van der Waals surface area contributed by atoms with Gasteiger partial charge in [-0.25, -0.2) is 8.91 Å². The number of pyridine rings is 2. The molecule has 3 heterocycles. The average Bonchev–Trinajstić information content (AvgIpc) is 3.17. The highest BCUT2D eigenvalue weighted by atomic mass is 35.5. The normalized spacial score (nSPS) is 11.2. The van der Waals surface area contributed by atoms with E-state index in [9.17, 15) is 4.39 Å². The second kappa shape index (κ2) is 8.14. The maximum absolute atomic E-state index is 13.5. The van der Waals surface area contributed by atoms with Gasteiger partial charge in [-0.1, -0.05) is 35.3 Å². The lowest BCUT2D eigenvalue weighted by molar-refractivity contribution is 0.628. The van der Waals surface area contributed by atoms with E-state index < -0.39 is 0 Å². The van der Waals surface area contributed by atoms with Crippen molar-refractivity contribution >= 4 is 28.7 Å². The van der Waals surface area contributed by atoms with Gasteiger partial charge in [-0.2, -0.15) is 5.10 Å². The first-order chi connectivity index (χ1) is 15.1. The molecule has 3 aromatic heterocycles. The second-order valence-corrected chi connectivity index (χ2v) is 8.01. The molecule has 0 saturated carbocycles. The molecule has 3 nitrogen and oxygen atoms in total. The van der Waals surface area contributed by atoms with E-state index in [1.54, 1.807) is 30.6 Å². The van der Waals surface area contributed by atoms with E-state index >= 15 is 0 Å². The molecule has 0 aliphatic rings. The number of halogens is 3. The van der Waals surface area contributed by atoms with Crippen molar-refractivity contribution in [1.29, 1.82) is 0 Å². The third-order valence-electron chi connectivity index (χ3n) is 5.21. The van der Waals surface area contributed by atoms with E-state index in [0.29, 0.717) is 16.5 Å². The Balaban J connectivity index is 1.68. The number of fused-ring (bicyclic) bond motifs is 1. The molecule has 2 aromatic carbocycles. The summed E-state index contributed by atoms with van der Waals surface area (Å²) in [6.45, 7) is 0. The summed E-state index contributed by atoms with van der Waals surface area (Å²) in [7, 11) is 0. The van der Waals surface area contributed by atoms with Gasteiger partial charge in [-0.3, -0.25) is 4.98 Å². The Morgan fingerprint density at radius 3 is 2.42 bits per heavy atom. The van der Waals surface area contributed by atoms with Crippen molar-refractivity contribution < 1.29 is 4.39 Å². The first kappa shape index (κ1) is 19.7. The zero-order chi connectivity index (χ0) is 21.4. The molecule has 0 saturated heterocycles. The van der Waals surface area contributed by atoms with Gasteiger partial charge >= 0.3 is 0 Å². The van der Waals surface area contributed by atoms with E-state index in [0.717, 1.165) is 39.0 Å². The highest BCUT2D eigenvalue weighted by Crippen LogP contribution is 2.36. The van der Waals surface area contributed by atoms with Crippen molar-refractivity contribution in [3.05, 3.63) is 112 Å². The highest BCUT2D eigenvalue weighted by molar-refractivity contribution is 6.42. The molecule has 0 amide bonds. The van der Waals surface area contributed by atoms with Gasteiger partial charge in [0.2, 0.25) is 0 Å². The van der Waals surface area contributed by atoms with Crippen LogP contribution in [0.4, 0.5) is 4.39 Å². The van der Waals surface area contributed by atoms with Gasteiger partial charge in [0.05, 0.1) is 15.6 Å². The topological polar surface area (TPSA) is 30.2 Å². The molecule has 0 radical (unpaired) electrons. The summed E-state index contributed by atoms with van der Waals surface area (Å²) in [5.74, 6) is -0.279. The highest BCUT2D eigenvalue weighted by Gasteiger charge is 2.17. The minimum absolute atomic E-state index is 0.279. The van der Waals surface area contributed by atoms with Crippen LogP contribution >= 0.6 is 23.2 Å². The monoisotopic (exact) mass is 447 g/mol. The molecule has 5 aromatic rings. The predicted molar refractivity (Wildman–Crippen MR) is 123 cm³/mol. The Bertz CT molecular complexity index is 1380. The molecule has 0 aliphatic carbocycles. The molecule has 0 unspecified atom stereocenters. The number of hydrogen-bond donors (Lipinski definition) is 0. The minimum Gasteiger partial charge on any atom is -0.265 e. The van der Waals surface area contributed by atoms with Crippen LogP contribution in [0.15, 0.2) is 85.3 Å². The summed E-state index contributed by atoms with van der Waals surface area (Å²) in [6.07, 6.45) is 6.08. The van der Waals surface area contributed by atoms with Crippen LogP contribution < -0.4 is 0 Å². The van der Waals surface area contributed by atoms with E-state index in [4.69, 9.17) is 28.3 Å². The molecule has 31 heavy (non-hydrogen) atoms. The fourth-order valence-corrected chi connectivity index (χ4v) is 4.10. The molecule has 0 atom stereocenters. The Morgan fingerprint density at radius 1 is 0.871 bits per heavy atom. The fourth-order valence-electron chi connectivity index (χ4n) is 3.72. The van der Waals surface area contributed by atoms with Gasteiger partial charge in [0.1, 0.15) is 11.5 Å². The van der Waals surface area contributed by atoms with E-state index in [1.165, 1.54) is 12.1 Å². The number of nitrogens with zero attached hydrogens (tertiary/aromatic N) is 3. The summed E-state index contributed by atoms with van der Waals surface area (Å²) in [5, 5.41) is 5.91. The summed E-state index contributed by atoms with van der Waals surface area (Å²) in [4.78, 5) is 4.14. The first-order valence-electron chi connectivity index (χ1n) is 9.70. The Kier molecular flexibility index (Phi) is 5.18. The van der Waals surface area contributed by atoms with Crippen molar-refractivity contribution in [2.24, 2.45) is 0 Å². The lowest BCUT2D eigenvalue weighted by Crippen LogP contribution is -1.93. The third kappa shape index (κ3) is 3.80. The maximum atomic E-state index is 13.5. The molecular weight excluding hydrogens is 432 g/mol. The van der Waals surface area contributed by atoms with E-state index in [2.05, 4.69) is 11.1 Å². The predicted octanol–water partition coefficient (Wildman–Crippen LogP) is 7.10. The van der Waals surface area contributed by atoms with Gasteiger partial charge in [-0.15, -0.1) is 0 Å². The number of aromatic nitrogens is 3. The summed E-state index contributed by atoms with van der Waals surface area (Å²) in [6, 6.07) is 20.1. The van der Waals surface area contributed by atoms with E-state index in [-0.39, 0.29) is 5.82 Å². The van der Waals surface area contributed by atoms with Crippen molar-refractivity contribution in [2.75, 3.05) is 0 Å². The van der Waals surface area contributed by atoms with Crippen LogP contribution in [-0.2, 0) is 6.42 Å². The van der Waals surface area contributed by atoms with Crippen LogP contribution in [0.3, 0.4) is 0 Å². The van der Waals surface area contributed by atoms with Crippen LogP contribution in [0.5, 0.6) is 0 Å². The fraction of sp³-hybridized carbons (Fsp3) is 0.0400. The lowest BCUT2D eigenvalue weighted by Gasteiger charge is -2.07. The number of benzene rings is 2. The summed E-state index contributed by atoms with van der Waals surface area (Å²) in [5.41, 5.74) is 6.57.